The number of sulfonamides is 1. The van der Waals surface area contributed by atoms with E-state index < -0.39 is 16.1 Å². The summed E-state index contributed by atoms with van der Waals surface area (Å²) in [6.45, 7) is 0. The summed E-state index contributed by atoms with van der Waals surface area (Å²) in [4.78, 5) is 29.1. The van der Waals surface area contributed by atoms with E-state index in [2.05, 4.69) is 25.8 Å². The fourth-order valence-electron chi connectivity index (χ4n) is 2.72. The number of carbonyl (C=O) groups is 1. The number of fused-ring (bicyclic) bond motifs is 1. The lowest BCUT2D eigenvalue weighted by molar-refractivity contribution is 0.256. The van der Waals surface area contributed by atoms with E-state index in [-0.39, 0.29) is 25.7 Å². The zero-order chi connectivity index (χ0) is 22.9. The molecule has 0 atom stereocenters. The SMILES string of the molecule is CNc1ccc2c(=O)n(-c3ccc(NC(=O)NS(=O)(=O)c4ccc(Cl)s4)nn3)cnc2c1. The molecule has 0 saturated carbocycles. The fraction of sp³-hybridized carbons (Fsp3) is 0.0556. The minimum atomic E-state index is -4.08. The highest BCUT2D eigenvalue weighted by Gasteiger charge is 2.20. The summed E-state index contributed by atoms with van der Waals surface area (Å²) in [6, 6.07) is 9.63. The van der Waals surface area contributed by atoms with Gasteiger partial charge in [0.25, 0.3) is 15.6 Å². The van der Waals surface area contributed by atoms with Gasteiger partial charge in [-0.25, -0.2) is 27.5 Å². The first-order valence-electron chi connectivity index (χ1n) is 8.89. The molecule has 0 fully saturated rings. The monoisotopic (exact) mass is 491 g/mol. The number of halogens is 1. The Bertz CT molecular complexity index is 1480. The number of aromatic nitrogens is 4. The Morgan fingerprint density at radius 1 is 1.12 bits per heavy atom. The molecule has 0 aliphatic carbocycles. The Labute approximate surface area is 190 Å². The highest BCUT2D eigenvalue weighted by molar-refractivity contribution is 7.92. The van der Waals surface area contributed by atoms with E-state index in [1.807, 2.05) is 4.72 Å². The average molecular weight is 492 g/mol. The predicted molar refractivity (Wildman–Crippen MR) is 121 cm³/mol. The molecule has 3 heterocycles. The first kappa shape index (κ1) is 21.7. The fourth-order valence-corrected chi connectivity index (χ4v) is 5.11. The molecule has 0 aliphatic heterocycles. The van der Waals surface area contributed by atoms with Gasteiger partial charge in [0, 0.05) is 12.7 Å². The molecule has 3 aromatic heterocycles. The first-order chi connectivity index (χ1) is 15.3. The molecule has 2 amide bonds. The molecule has 164 valence electrons. The van der Waals surface area contributed by atoms with Gasteiger partial charge in [-0.15, -0.1) is 21.5 Å². The number of thiophene rings is 1. The molecule has 4 aromatic rings. The minimum Gasteiger partial charge on any atom is -0.388 e. The molecule has 32 heavy (non-hydrogen) atoms. The number of amides is 2. The van der Waals surface area contributed by atoms with Crippen LogP contribution in [0.3, 0.4) is 0 Å². The third-order valence-electron chi connectivity index (χ3n) is 4.23. The standard InChI is InChI=1S/C18H14ClN7O4S2/c1-20-10-2-3-11-12(8-10)21-9-26(17(11)27)15-6-5-14(23-24-15)22-18(28)25-32(29,30)16-7-4-13(19)31-16/h2-9,20H,1H3,(H2,22,23,25,28). The van der Waals surface area contributed by atoms with Crippen LogP contribution in [0.2, 0.25) is 4.34 Å². The quantitative estimate of drug-likeness (QED) is 0.385. The first-order valence-corrected chi connectivity index (χ1v) is 11.6. The van der Waals surface area contributed by atoms with E-state index in [1.54, 1.807) is 25.2 Å². The Morgan fingerprint density at radius 2 is 1.94 bits per heavy atom. The smallest absolute Gasteiger partial charge is 0.334 e. The van der Waals surface area contributed by atoms with Gasteiger partial charge in [-0.3, -0.25) is 10.1 Å². The second kappa shape index (κ2) is 8.53. The number of nitrogens with one attached hydrogen (secondary N) is 3. The Balaban J connectivity index is 1.51. The number of carbonyl (C=O) groups excluding carboxylic acids is 1. The molecule has 3 N–H and O–H groups in total. The van der Waals surface area contributed by atoms with Crippen molar-refractivity contribution in [3.63, 3.8) is 0 Å². The minimum absolute atomic E-state index is 0.0221. The van der Waals surface area contributed by atoms with E-state index in [0.717, 1.165) is 17.0 Å². The maximum atomic E-state index is 12.8. The molecular formula is C18H14ClN7O4S2. The molecule has 4 rings (SSSR count). The molecule has 0 radical (unpaired) electrons. The normalized spacial score (nSPS) is 11.3. The van der Waals surface area contributed by atoms with Crippen molar-refractivity contribution in [2.75, 3.05) is 17.7 Å². The van der Waals surface area contributed by atoms with Crippen LogP contribution in [-0.4, -0.2) is 41.2 Å². The maximum Gasteiger partial charge on any atom is 0.334 e. The van der Waals surface area contributed by atoms with Gasteiger partial charge in [0.1, 0.15) is 10.5 Å². The number of hydrogen-bond donors (Lipinski definition) is 3. The van der Waals surface area contributed by atoms with Gasteiger partial charge in [-0.05, 0) is 42.5 Å². The van der Waals surface area contributed by atoms with Crippen molar-refractivity contribution in [3.05, 3.63) is 63.5 Å². The lowest BCUT2D eigenvalue weighted by atomic mass is 10.2. The van der Waals surface area contributed by atoms with Crippen molar-refractivity contribution in [2.24, 2.45) is 0 Å². The highest BCUT2D eigenvalue weighted by atomic mass is 35.5. The molecule has 11 nitrogen and oxygen atoms in total. The van der Waals surface area contributed by atoms with Crippen LogP contribution < -0.4 is 20.9 Å². The maximum absolute atomic E-state index is 12.8. The molecule has 0 saturated heterocycles. The van der Waals surface area contributed by atoms with Crippen LogP contribution in [0.25, 0.3) is 16.7 Å². The second-order valence-corrected chi connectivity index (χ2v) is 9.92. The molecule has 0 bridgehead atoms. The van der Waals surface area contributed by atoms with Crippen LogP contribution >= 0.6 is 22.9 Å². The number of anilines is 2. The van der Waals surface area contributed by atoms with Crippen LogP contribution in [0, 0.1) is 0 Å². The van der Waals surface area contributed by atoms with E-state index in [0.29, 0.717) is 10.9 Å². The van der Waals surface area contributed by atoms with E-state index in [9.17, 15) is 18.0 Å². The van der Waals surface area contributed by atoms with Crippen LogP contribution in [-0.2, 0) is 10.0 Å². The Hall–Kier alpha value is -3.55. The summed E-state index contributed by atoms with van der Waals surface area (Å²) in [7, 11) is -2.31. The van der Waals surface area contributed by atoms with Crippen LogP contribution in [0.15, 0.2) is 57.8 Å². The van der Waals surface area contributed by atoms with Gasteiger partial charge in [0.2, 0.25) is 0 Å². The Kier molecular flexibility index (Phi) is 5.78. The summed E-state index contributed by atoms with van der Waals surface area (Å²) >= 11 is 6.54. The second-order valence-electron chi connectivity index (χ2n) is 6.30. The molecule has 0 aliphatic rings. The average Bonchev–Trinajstić information content (AvgIpc) is 3.21. The van der Waals surface area contributed by atoms with Gasteiger partial charge < -0.3 is 5.32 Å². The molecule has 0 unspecified atom stereocenters. The van der Waals surface area contributed by atoms with Gasteiger partial charge in [0.15, 0.2) is 11.6 Å². The highest BCUT2D eigenvalue weighted by Crippen LogP contribution is 2.25. The molecule has 0 spiro atoms. The zero-order valence-corrected chi connectivity index (χ0v) is 18.6. The van der Waals surface area contributed by atoms with E-state index >= 15 is 0 Å². The van der Waals surface area contributed by atoms with Crippen LogP contribution in [0.1, 0.15) is 0 Å². The summed E-state index contributed by atoms with van der Waals surface area (Å²) < 4.78 is 27.6. The number of benzene rings is 1. The van der Waals surface area contributed by atoms with E-state index in [1.165, 1.54) is 35.2 Å². The number of nitrogens with zero attached hydrogens (tertiary/aromatic N) is 4. The van der Waals surface area contributed by atoms with E-state index in [4.69, 9.17) is 11.6 Å². The van der Waals surface area contributed by atoms with Crippen molar-refractivity contribution in [3.8, 4) is 5.82 Å². The largest absolute Gasteiger partial charge is 0.388 e. The third kappa shape index (κ3) is 4.39. The van der Waals surface area contributed by atoms with Crippen molar-refractivity contribution in [1.82, 2.24) is 24.5 Å². The van der Waals surface area contributed by atoms with Crippen molar-refractivity contribution >= 4 is 61.4 Å². The lowest BCUT2D eigenvalue weighted by Gasteiger charge is -2.08. The lowest BCUT2D eigenvalue weighted by Crippen LogP contribution is -2.34. The summed E-state index contributed by atoms with van der Waals surface area (Å²) in [6.07, 6.45) is 1.33. The number of hydrogen-bond acceptors (Lipinski definition) is 9. The zero-order valence-electron chi connectivity index (χ0n) is 16.2. The third-order valence-corrected chi connectivity index (χ3v) is 7.28. The van der Waals surface area contributed by atoms with Crippen LogP contribution in [0.4, 0.5) is 16.3 Å². The molecule has 1 aromatic carbocycles. The predicted octanol–water partition coefficient (Wildman–Crippen LogP) is 2.44. The van der Waals surface area contributed by atoms with Gasteiger partial charge in [-0.2, -0.15) is 0 Å². The summed E-state index contributed by atoms with van der Waals surface area (Å²) in [5.74, 6) is 0.153. The van der Waals surface area contributed by atoms with Crippen molar-refractivity contribution in [2.45, 2.75) is 4.21 Å². The van der Waals surface area contributed by atoms with Crippen molar-refractivity contribution in [1.29, 1.82) is 0 Å². The Morgan fingerprint density at radius 3 is 2.59 bits per heavy atom. The summed E-state index contributed by atoms with van der Waals surface area (Å²) in [5, 5.41) is 13.4. The van der Waals surface area contributed by atoms with Gasteiger partial charge >= 0.3 is 6.03 Å². The molecule has 14 heteroatoms. The summed E-state index contributed by atoms with van der Waals surface area (Å²) in [5.41, 5.74) is 1.00. The topological polar surface area (TPSA) is 148 Å². The number of urea groups is 1. The van der Waals surface area contributed by atoms with Crippen molar-refractivity contribution < 1.29 is 13.2 Å². The number of rotatable bonds is 5. The van der Waals surface area contributed by atoms with Crippen LogP contribution in [0.5, 0.6) is 0 Å². The molecular weight excluding hydrogens is 478 g/mol. The van der Waals surface area contributed by atoms with Gasteiger partial charge in [-0.1, -0.05) is 11.6 Å². The van der Waals surface area contributed by atoms with Gasteiger partial charge in [0.05, 0.1) is 15.2 Å².